The summed E-state index contributed by atoms with van der Waals surface area (Å²) in [6.45, 7) is 2.40. The van der Waals surface area contributed by atoms with Crippen molar-refractivity contribution in [3.8, 4) is 11.5 Å². The van der Waals surface area contributed by atoms with Gasteiger partial charge in [0, 0.05) is 12.1 Å². The van der Waals surface area contributed by atoms with Gasteiger partial charge in [-0.1, -0.05) is 0 Å². The fraction of sp³-hybridized carbons (Fsp3) is 0.500. The number of rotatable bonds is 5. The normalized spacial score (nSPS) is 12.3. The van der Waals surface area contributed by atoms with Gasteiger partial charge in [0.05, 0.1) is 20.3 Å². The lowest BCUT2D eigenvalue weighted by Crippen LogP contribution is -2.17. The van der Waals surface area contributed by atoms with Gasteiger partial charge in [0.15, 0.2) is 0 Å². The fourth-order valence-electron chi connectivity index (χ4n) is 1.71. The largest absolute Gasteiger partial charge is 0.497 e. The zero-order chi connectivity index (χ0) is 12.1. The van der Waals surface area contributed by atoms with Crippen molar-refractivity contribution in [3.63, 3.8) is 0 Å². The highest BCUT2D eigenvalue weighted by atomic mass is 16.5. The number of benzene rings is 1. The molecule has 0 fully saturated rings. The Kier molecular flexibility index (Phi) is 4.58. The molecule has 1 aromatic carbocycles. The smallest absolute Gasteiger partial charge is 0.127 e. The van der Waals surface area contributed by atoms with Crippen molar-refractivity contribution in [1.82, 2.24) is 5.32 Å². The summed E-state index contributed by atoms with van der Waals surface area (Å²) in [5.41, 5.74) is 1.70. The third-order valence-electron chi connectivity index (χ3n) is 2.47. The first-order valence-electron chi connectivity index (χ1n) is 5.19. The molecule has 0 radical (unpaired) electrons. The molecule has 0 aliphatic heterocycles. The lowest BCUT2D eigenvalue weighted by molar-refractivity contribution is 0.173. The van der Waals surface area contributed by atoms with Crippen LogP contribution in [0.1, 0.15) is 17.2 Å². The number of nitrogens with one attached hydrogen (secondary N) is 1. The van der Waals surface area contributed by atoms with E-state index >= 15 is 0 Å². The molecule has 1 unspecified atom stereocenters. The summed E-state index contributed by atoms with van der Waals surface area (Å²) < 4.78 is 10.5. The zero-order valence-electron chi connectivity index (χ0n) is 10.2. The third kappa shape index (κ3) is 2.65. The molecule has 2 N–H and O–H groups in total. The summed E-state index contributed by atoms with van der Waals surface area (Å²) in [7, 11) is 5.00. The number of aryl methyl sites for hydroxylation is 1. The Morgan fingerprint density at radius 1 is 1.31 bits per heavy atom. The Labute approximate surface area is 96.2 Å². The van der Waals surface area contributed by atoms with Crippen LogP contribution in [0.2, 0.25) is 0 Å². The number of hydrogen-bond donors (Lipinski definition) is 2. The van der Waals surface area contributed by atoms with Crippen LogP contribution in [0.25, 0.3) is 0 Å². The fourth-order valence-corrected chi connectivity index (χ4v) is 1.71. The number of ether oxygens (including phenoxy) is 2. The Balaban J connectivity index is 3.16. The number of aliphatic hydroxyl groups excluding tert-OH is 1. The van der Waals surface area contributed by atoms with Crippen molar-refractivity contribution in [2.24, 2.45) is 0 Å². The molecule has 0 amide bonds. The average Bonchev–Trinajstić information content (AvgIpc) is 2.28. The van der Waals surface area contributed by atoms with Gasteiger partial charge in [-0.25, -0.2) is 0 Å². The molecule has 4 nitrogen and oxygen atoms in total. The molecule has 1 atom stereocenters. The van der Waals surface area contributed by atoms with Gasteiger partial charge < -0.3 is 19.9 Å². The Morgan fingerprint density at radius 3 is 2.50 bits per heavy atom. The zero-order valence-corrected chi connectivity index (χ0v) is 10.2. The van der Waals surface area contributed by atoms with Crippen molar-refractivity contribution >= 4 is 0 Å². The van der Waals surface area contributed by atoms with E-state index in [0.29, 0.717) is 12.3 Å². The molecule has 0 bridgehead atoms. The van der Waals surface area contributed by atoms with Gasteiger partial charge in [-0.15, -0.1) is 0 Å². The number of likely N-dealkylation sites (N-methyl/N-ethyl adjacent to an activating group) is 1. The van der Waals surface area contributed by atoms with Crippen LogP contribution in [0.15, 0.2) is 12.1 Å². The molecule has 0 saturated heterocycles. The highest BCUT2D eigenvalue weighted by Gasteiger charge is 2.16. The summed E-state index contributed by atoms with van der Waals surface area (Å²) in [5.74, 6) is 1.44. The van der Waals surface area contributed by atoms with Crippen LogP contribution in [-0.2, 0) is 0 Å². The Bertz CT molecular complexity index is 352. The van der Waals surface area contributed by atoms with E-state index in [-0.39, 0.29) is 0 Å². The van der Waals surface area contributed by atoms with E-state index in [4.69, 9.17) is 9.47 Å². The van der Waals surface area contributed by atoms with Crippen LogP contribution in [0.3, 0.4) is 0 Å². The highest BCUT2D eigenvalue weighted by Crippen LogP contribution is 2.32. The maximum absolute atomic E-state index is 9.98. The van der Waals surface area contributed by atoms with Crippen LogP contribution in [-0.4, -0.2) is 32.9 Å². The summed E-state index contributed by atoms with van der Waals surface area (Å²) in [6.07, 6.45) is -0.603. The Hall–Kier alpha value is -1.26. The predicted molar refractivity (Wildman–Crippen MR) is 63.2 cm³/mol. The van der Waals surface area contributed by atoms with Crippen molar-refractivity contribution in [2.75, 3.05) is 27.8 Å². The first-order valence-corrected chi connectivity index (χ1v) is 5.19. The molecule has 0 saturated carbocycles. The van der Waals surface area contributed by atoms with Crippen LogP contribution >= 0.6 is 0 Å². The van der Waals surface area contributed by atoms with E-state index < -0.39 is 6.10 Å². The molecular formula is C12H19NO3. The minimum Gasteiger partial charge on any atom is -0.497 e. The van der Waals surface area contributed by atoms with Crippen LogP contribution in [0, 0.1) is 6.92 Å². The van der Waals surface area contributed by atoms with Gasteiger partial charge in [0.1, 0.15) is 11.5 Å². The van der Waals surface area contributed by atoms with Gasteiger partial charge in [-0.05, 0) is 31.7 Å². The van der Waals surface area contributed by atoms with E-state index in [1.165, 1.54) is 0 Å². The lowest BCUT2D eigenvalue weighted by Gasteiger charge is -2.17. The second-order valence-corrected chi connectivity index (χ2v) is 3.64. The van der Waals surface area contributed by atoms with Crippen LogP contribution < -0.4 is 14.8 Å². The average molecular weight is 225 g/mol. The first-order chi connectivity index (χ1) is 7.63. The molecule has 0 aliphatic rings. The molecule has 0 spiro atoms. The molecule has 0 aromatic heterocycles. The minimum absolute atomic E-state index is 0.475. The molecule has 16 heavy (non-hydrogen) atoms. The molecular weight excluding hydrogens is 206 g/mol. The predicted octanol–water partition coefficient (Wildman–Crippen LogP) is 1.27. The van der Waals surface area contributed by atoms with E-state index in [2.05, 4.69) is 5.32 Å². The topological polar surface area (TPSA) is 50.7 Å². The van der Waals surface area contributed by atoms with Gasteiger partial charge in [-0.3, -0.25) is 0 Å². The SMILES string of the molecule is CNCC(O)c1cc(OC)cc(C)c1OC. The van der Waals surface area contributed by atoms with E-state index in [0.717, 1.165) is 16.9 Å². The van der Waals surface area contributed by atoms with Crippen LogP contribution in [0.5, 0.6) is 11.5 Å². The maximum Gasteiger partial charge on any atom is 0.127 e. The summed E-state index contributed by atoms with van der Waals surface area (Å²) in [4.78, 5) is 0. The summed E-state index contributed by atoms with van der Waals surface area (Å²) >= 11 is 0. The van der Waals surface area contributed by atoms with Crippen LogP contribution in [0.4, 0.5) is 0 Å². The first kappa shape index (κ1) is 12.8. The molecule has 90 valence electrons. The molecule has 1 rings (SSSR count). The quantitative estimate of drug-likeness (QED) is 0.792. The monoisotopic (exact) mass is 225 g/mol. The maximum atomic E-state index is 9.98. The van der Waals surface area contributed by atoms with Crippen molar-refractivity contribution < 1.29 is 14.6 Å². The van der Waals surface area contributed by atoms with E-state index in [9.17, 15) is 5.11 Å². The van der Waals surface area contributed by atoms with Crippen molar-refractivity contribution in [3.05, 3.63) is 23.3 Å². The van der Waals surface area contributed by atoms with Gasteiger partial charge in [-0.2, -0.15) is 0 Å². The standard InChI is InChI=1S/C12H19NO3/c1-8-5-9(15-3)6-10(12(8)16-4)11(14)7-13-2/h5-6,11,13-14H,7H2,1-4H3. The molecule has 4 heteroatoms. The van der Waals surface area contributed by atoms with E-state index in [1.54, 1.807) is 27.3 Å². The lowest BCUT2D eigenvalue weighted by atomic mass is 10.0. The van der Waals surface area contributed by atoms with Gasteiger partial charge in [0.2, 0.25) is 0 Å². The second-order valence-electron chi connectivity index (χ2n) is 3.64. The minimum atomic E-state index is -0.603. The van der Waals surface area contributed by atoms with Gasteiger partial charge in [0.25, 0.3) is 0 Å². The van der Waals surface area contributed by atoms with E-state index in [1.807, 2.05) is 13.0 Å². The highest BCUT2D eigenvalue weighted by molar-refractivity contribution is 5.47. The number of aliphatic hydroxyl groups is 1. The molecule has 0 aliphatic carbocycles. The number of methoxy groups -OCH3 is 2. The van der Waals surface area contributed by atoms with Gasteiger partial charge >= 0.3 is 0 Å². The van der Waals surface area contributed by atoms with Crippen molar-refractivity contribution in [2.45, 2.75) is 13.0 Å². The third-order valence-corrected chi connectivity index (χ3v) is 2.47. The molecule has 1 aromatic rings. The second kappa shape index (κ2) is 5.72. The van der Waals surface area contributed by atoms with Crippen molar-refractivity contribution in [1.29, 1.82) is 0 Å². The summed E-state index contributed by atoms with van der Waals surface area (Å²) in [5, 5.41) is 12.9. The molecule has 0 heterocycles. The summed E-state index contributed by atoms with van der Waals surface area (Å²) in [6, 6.07) is 3.68. The number of hydrogen-bond acceptors (Lipinski definition) is 4. The Morgan fingerprint density at radius 2 is 2.00 bits per heavy atom.